The Morgan fingerprint density at radius 2 is 2.09 bits per heavy atom. The van der Waals surface area contributed by atoms with E-state index in [9.17, 15) is 4.79 Å². The number of aromatic amines is 1. The van der Waals surface area contributed by atoms with Gasteiger partial charge in [-0.25, -0.2) is 9.97 Å². The van der Waals surface area contributed by atoms with Crippen LogP contribution in [-0.2, 0) is 4.79 Å². The molecule has 32 heavy (non-hydrogen) atoms. The number of anilines is 1. The highest BCUT2D eigenvalue weighted by Crippen LogP contribution is 2.45. The Balaban J connectivity index is 1.67. The number of hydrogen-bond donors (Lipinski definition) is 2. The molecule has 0 saturated carbocycles. The summed E-state index contributed by atoms with van der Waals surface area (Å²) in [6, 6.07) is 0.366. The molecule has 2 aromatic heterocycles. The van der Waals surface area contributed by atoms with Gasteiger partial charge < -0.3 is 4.57 Å². The minimum absolute atomic E-state index is 0.143. The number of carbonyl (C=O) groups is 1. The van der Waals surface area contributed by atoms with E-state index in [1.165, 1.54) is 23.5 Å². The fourth-order valence-corrected chi connectivity index (χ4v) is 4.04. The van der Waals surface area contributed by atoms with E-state index in [0.717, 1.165) is 24.0 Å². The Bertz CT molecular complexity index is 1070. The van der Waals surface area contributed by atoms with E-state index in [1.807, 2.05) is 43.9 Å². The lowest BCUT2D eigenvalue weighted by Crippen LogP contribution is -2.25. The van der Waals surface area contributed by atoms with Crippen LogP contribution in [0.5, 0.6) is 0 Å². The summed E-state index contributed by atoms with van der Waals surface area (Å²) in [6.07, 6.45) is 21.3. The second-order valence-corrected chi connectivity index (χ2v) is 8.85. The van der Waals surface area contributed by atoms with Crippen molar-refractivity contribution in [1.29, 1.82) is 0 Å². The van der Waals surface area contributed by atoms with E-state index in [2.05, 4.69) is 69.9 Å². The molecule has 7 nitrogen and oxygen atoms in total. The van der Waals surface area contributed by atoms with Gasteiger partial charge in [0, 0.05) is 18.5 Å². The highest BCUT2D eigenvalue weighted by Gasteiger charge is 2.32. The van der Waals surface area contributed by atoms with Gasteiger partial charge >= 0.3 is 0 Å². The van der Waals surface area contributed by atoms with Gasteiger partial charge in [0.2, 0.25) is 5.95 Å². The molecule has 1 aliphatic carbocycles. The third kappa shape index (κ3) is 6.03. The third-order valence-electron chi connectivity index (χ3n) is 5.82. The molecule has 0 saturated heterocycles. The fraction of sp³-hybridized carbons (Fsp3) is 0.360. The monoisotopic (exact) mass is 432 g/mol. The van der Waals surface area contributed by atoms with Crippen LogP contribution >= 0.6 is 0 Å². The van der Waals surface area contributed by atoms with Crippen molar-refractivity contribution in [1.82, 2.24) is 24.7 Å². The molecule has 7 heteroatoms. The third-order valence-corrected chi connectivity index (χ3v) is 5.82. The number of carbonyl (C=O) groups excluding carboxylic acids is 1. The predicted molar refractivity (Wildman–Crippen MR) is 128 cm³/mol. The van der Waals surface area contributed by atoms with E-state index < -0.39 is 0 Å². The average Bonchev–Trinajstić information content (AvgIpc) is 3.41. The van der Waals surface area contributed by atoms with Gasteiger partial charge in [-0.15, -0.1) is 5.10 Å². The van der Waals surface area contributed by atoms with Gasteiger partial charge in [-0.1, -0.05) is 49.8 Å². The minimum Gasteiger partial charge on any atom is -0.330 e. The Kier molecular flexibility index (Phi) is 7.41. The molecule has 0 aliphatic heterocycles. The number of amides is 1. The van der Waals surface area contributed by atoms with Crippen LogP contribution in [0.2, 0.25) is 0 Å². The lowest BCUT2D eigenvalue weighted by atomic mass is 9.71. The van der Waals surface area contributed by atoms with E-state index in [0.29, 0.717) is 6.04 Å². The number of aromatic nitrogens is 5. The first-order valence-corrected chi connectivity index (χ1v) is 10.8. The van der Waals surface area contributed by atoms with Crippen molar-refractivity contribution in [2.45, 2.75) is 53.5 Å². The van der Waals surface area contributed by atoms with Crippen molar-refractivity contribution < 1.29 is 4.79 Å². The molecule has 0 bridgehead atoms. The van der Waals surface area contributed by atoms with Crippen LogP contribution in [-0.4, -0.2) is 30.6 Å². The van der Waals surface area contributed by atoms with Crippen LogP contribution < -0.4 is 5.32 Å². The molecule has 0 spiro atoms. The Morgan fingerprint density at radius 1 is 1.28 bits per heavy atom. The first-order valence-electron chi connectivity index (χ1n) is 10.8. The Labute approximate surface area is 189 Å². The van der Waals surface area contributed by atoms with E-state index >= 15 is 0 Å². The molecule has 3 rings (SSSR count). The standard InChI is InChI=1S/C25H32N6O/c1-18(7-6-8-19(2)15-23(32)29-24-27-16-28-30-24)9-10-21-20(3)22(11-12-25(21,4)5)31-14-13-26-17-31/h6-10,13-17,22H,11-12H2,1-5H3,(H2,27,28,29,30,32)/b8-6+,10-9+,18-7+,19-15+. The first kappa shape index (κ1) is 23.2. The maximum Gasteiger partial charge on any atom is 0.251 e. The van der Waals surface area contributed by atoms with Crippen molar-refractivity contribution in [3.05, 3.63) is 83.8 Å². The molecule has 2 heterocycles. The Hall–Kier alpha value is -3.48. The molecule has 0 fully saturated rings. The smallest absolute Gasteiger partial charge is 0.251 e. The topological polar surface area (TPSA) is 88.5 Å². The SMILES string of the molecule is CC1=C(/C=C/C(C)=C/C=C/C(C)=C/C(=O)Nc2nc[nH]n2)C(C)(C)CCC1n1ccnc1. The summed E-state index contributed by atoms with van der Waals surface area (Å²) in [5.74, 6) is -0.00356. The number of hydrogen-bond acceptors (Lipinski definition) is 4. The second-order valence-electron chi connectivity index (χ2n) is 8.85. The number of nitrogens with one attached hydrogen (secondary N) is 2. The van der Waals surface area contributed by atoms with Crippen LogP contribution in [0.4, 0.5) is 5.95 Å². The normalized spacial score (nSPS) is 19.8. The molecule has 168 valence electrons. The number of rotatable bonds is 7. The molecular formula is C25H32N6O. The minimum atomic E-state index is -0.262. The van der Waals surface area contributed by atoms with Gasteiger partial charge in [0.15, 0.2) is 0 Å². The highest BCUT2D eigenvalue weighted by atomic mass is 16.1. The van der Waals surface area contributed by atoms with Gasteiger partial charge in [0.25, 0.3) is 5.91 Å². The average molecular weight is 433 g/mol. The molecule has 1 unspecified atom stereocenters. The number of H-pyrrole nitrogens is 1. The molecule has 0 aromatic carbocycles. The largest absolute Gasteiger partial charge is 0.330 e. The maximum absolute atomic E-state index is 11.9. The van der Waals surface area contributed by atoms with Crippen LogP contribution in [0.1, 0.15) is 53.5 Å². The number of nitrogens with zero attached hydrogens (tertiary/aromatic N) is 4. The summed E-state index contributed by atoms with van der Waals surface area (Å²) < 4.78 is 2.21. The summed E-state index contributed by atoms with van der Waals surface area (Å²) in [5.41, 5.74) is 4.90. The van der Waals surface area contributed by atoms with Crippen LogP contribution in [0.3, 0.4) is 0 Å². The zero-order chi connectivity index (χ0) is 23.1. The van der Waals surface area contributed by atoms with Crippen molar-refractivity contribution in [3.63, 3.8) is 0 Å². The van der Waals surface area contributed by atoms with Gasteiger partial charge in [-0.3, -0.25) is 15.2 Å². The van der Waals surface area contributed by atoms with Gasteiger partial charge in [0.05, 0.1) is 12.4 Å². The van der Waals surface area contributed by atoms with Crippen molar-refractivity contribution in [3.8, 4) is 0 Å². The lowest BCUT2D eigenvalue weighted by molar-refractivity contribution is -0.112. The van der Waals surface area contributed by atoms with Gasteiger partial charge in [-0.2, -0.15) is 0 Å². The summed E-state index contributed by atoms with van der Waals surface area (Å²) in [6.45, 7) is 10.8. The molecule has 1 atom stereocenters. The molecular weight excluding hydrogens is 400 g/mol. The van der Waals surface area contributed by atoms with Crippen LogP contribution in [0.15, 0.2) is 83.8 Å². The maximum atomic E-state index is 11.9. The van der Waals surface area contributed by atoms with E-state index in [-0.39, 0.29) is 17.3 Å². The number of imidazole rings is 1. The van der Waals surface area contributed by atoms with Crippen molar-refractivity contribution in [2.24, 2.45) is 5.41 Å². The van der Waals surface area contributed by atoms with Crippen molar-refractivity contribution in [2.75, 3.05) is 5.32 Å². The zero-order valence-electron chi connectivity index (χ0n) is 19.5. The second kappa shape index (κ2) is 10.2. The molecule has 2 N–H and O–H groups in total. The molecule has 0 radical (unpaired) electrons. The van der Waals surface area contributed by atoms with Crippen LogP contribution in [0.25, 0.3) is 0 Å². The van der Waals surface area contributed by atoms with E-state index in [4.69, 9.17) is 0 Å². The number of allylic oxidation sites excluding steroid dienone is 9. The predicted octanol–water partition coefficient (Wildman–Crippen LogP) is 5.32. The van der Waals surface area contributed by atoms with E-state index in [1.54, 1.807) is 0 Å². The van der Waals surface area contributed by atoms with Gasteiger partial charge in [0.1, 0.15) is 6.33 Å². The zero-order valence-corrected chi connectivity index (χ0v) is 19.5. The van der Waals surface area contributed by atoms with Crippen LogP contribution in [0, 0.1) is 5.41 Å². The van der Waals surface area contributed by atoms with Crippen molar-refractivity contribution >= 4 is 11.9 Å². The Morgan fingerprint density at radius 3 is 2.78 bits per heavy atom. The summed E-state index contributed by atoms with van der Waals surface area (Å²) in [7, 11) is 0. The highest BCUT2D eigenvalue weighted by molar-refractivity contribution is 5.98. The summed E-state index contributed by atoms with van der Waals surface area (Å²) in [5, 5.41) is 8.95. The summed E-state index contributed by atoms with van der Waals surface area (Å²) in [4.78, 5) is 20.0. The molecule has 1 aliphatic rings. The lowest BCUT2D eigenvalue weighted by Gasteiger charge is -2.37. The molecule has 1 amide bonds. The van der Waals surface area contributed by atoms with Gasteiger partial charge in [-0.05, 0) is 55.7 Å². The quantitative estimate of drug-likeness (QED) is 0.458. The fourth-order valence-electron chi connectivity index (χ4n) is 4.04. The molecule has 2 aromatic rings. The summed E-state index contributed by atoms with van der Waals surface area (Å²) >= 11 is 0. The first-order chi connectivity index (χ1) is 15.3.